The average molecular weight is 236 g/mol. The van der Waals surface area contributed by atoms with Gasteiger partial charge in [0, 0.05) is 25.4 Å². The van der Waals surface area contributed by atoms with Gasteiger partial charge in [-0.15, -0.1) is 0 Å². The van der Waals surface area contributed by atoms with Gasteiger partial charge in [0.05, 0.1) is 17.4 Å². The predicted octanol–water partition coefficient (Wildman–Crippen LogP) is 1.05. The lowest BCUT2D eigenvalue weighted by Crippen LogP contribution is -2.34. The smallest absolute Gasteiger partial charge is 0.337 e. The number of carboxylic acid groups (broad SMARTS) is 1. The summed E-state index contributed by atoms with van der Waals surface area (Å²) in [6.07, 6.45) is 2.62. The van der Waals surface area contributed by atoms with Crippen molar-refractivity contribution in [2.75, 3.05) is 6.61 Å². The second kappa shape index (κ2) is 5.25. The average Bonchev–Trinajstić information content (AvgIpc) is 2.73. The molecule has 2 unspecified atom stereocenters. The monoisotopic (exact) mass is 236 g/mol. The Kier molecular flexibility index (Phi) is 3.71. The lowest BCUT2D eigenvalue weighted by atomic mass is 10.1. The molecule has 1 aromatic heterocycles. The van der Waals surface area contributed by atoms with Crippen LogP contribution in [0, 0.1) is 0 Å². The Morgan fingerprint density at radius 2 is 2.47 bits per heavy atom. The molecule has 0 saturated carbocycles. The molecule has 1 fully saturated rings. The molecule has 0 amide bonds. The van der Waals surface area contributed by atoms with Gasteiger partial charge in [0.25, 0.3) is 0 Å². The summed E-state index contributed by atoms with van der Waals surface area (Å²) >= 11 is 0. The fraction of sp³-hybridized carbons (Fsp3) is 0.500. The van der Waals surface area contributed by atoms with E-state index in [-0.39, 0.29) is 11.7 Å². The van der Waals surface area contributed by atoms with Crippen LogP contribution in [0.25, 0.3) is 0 Å². The Labute approximate surface area is 99.8 Å². The lowest BCUT2D eigenvalue weighted by Gasteiger charge is -2.15. The molecular formula is C12H16N2O3. The number of ether oxygens (including phenoxy) is 1. The number of hydrogen-bond donors (Lipinski definition) is 2. The summed E-state index contributed by atoms with van der Waals surface area (Å²) in [5.74, 6) is -0.949. The number of aromatic nitrogens is 1. The van der Waals surface area contributed by atoms with Gasteiger partial charge in [-0.2, -0.15) is 0 Å². The van der Waals surface area contributed by atoms with Gasteiger partial charge in [0.15, 0.2) is 0 Å². The molecule has 2 heterocycles. The fourth-order valence-corrected chi connectivity index (χ4v) is 1.89. The summed E-state index contributed by atoms with van der Waals surface area (Å²) in [5, 5.41) is 12.1. The number of hydrogen-bond acceptors (Lipinski definition) is 4. The molecule has 1 aromatic rings. The summed E-state index contributed by atoms with van der Waals surface area (Å²) in [6.45, 7) is 3.48. The Bertz CT molecular complexity index is 391. The van der Waals surface area contributed by atoms with Gasteiger partial charge < -0.3 is 15.2 Å². The molecule has 17 heavy (non-hydrogen) atoms. The molecule has 0 aromatic carbocycles. The van der Waals surface area contributed by atoms with Gasteiger partial charge in [-0.1, -0.05) is 0 Å². The molecule has 1 aliphatic heterocycles. The maximum atomic E-state index is 10.7. The zero-order valence-electron chi connectivity index (χ0n) is 9.72. The Morgan fingerprint density at radius 1 is 1.65 bits per heavy atom. The van der Waals surface area contributed by atoms with Gasteiger partial charge >= 0.3 is 5.97 Å². The van der Waals surface area contributed by atoms with Crippen LogP contribution in [0.2, 0.25) is 0 Å². The molecule has 5 heteroatoms. The molecule has 0 spiro atoms. The maximum absolute atomic E-state index is 10.7. The third kappa shape index (κ3) is 3.01. The summed E-state index contributed by atoms with van der Waals surface area (Å²) in [7, 11) is 0. The van der Waals surface area contributed by atoms with E-state index >= 15 is 0 Å². The highest BCUT2D eigenvalue weighted by atomic mass is 16.5. The predicted molar refractivity (Wildman–Crippen MR) is 61.9 cm³/mol. The summed E-state index contributed by atoms with van der Waals surface area (Å²) in [4.78, 5) is 14.8. The minimum Gasteiger partial charge on any atom is -0.478 e. The number of pyridine rings is 1. The maximum Gasteiger partial charge on any atom is 0.337 e. The van der Waals surface area contributed by atoms with E-state index in [9.17, 15) is 4.79 Å². The highest BCUT2D eigenvalue weighted by Crippen LogP contribution is 2.13. The molecular weight excluding hydrogens is 220 g/mol. The van der Waals surface area contributed by atoms with Crippen LogP contribution in [0.5, 0.6) is 0 Å². The van der Waals surface area contributed by atoms with Gasteiger partial charge in [0.1, 0.15) is 0 Å². The van der Waals surface area contributed by atoms with Crippen LogP contribution in [0.1, 0.15) is 29.4 Å². The Balaban J connectivity index is 1.88. The molecule has 2 N–H and O–H groups in total. The van der Waals surface area contributed by atoms with Crippen LogP contribution in [0.4, 0.5) is 0 Å². The molecule has 1 aliphatic rings. The molecule has 5 nitrogen and oxygen atoms in total. The van der Waals surface area contributed by atoms with E-state index in [1.807, 2.05) is 6.92 Å². The molecule has 92 valence electrons. The Morgan fingerprint density at radius 3 is 3.00 bits per heavy atom. The zero-order valence-corrected chi connectivity index (χ0v) is 9.72. The number of rotatable bonds is 4. The van der Waals surface area contributed by atoms with E-state index in [4.69, 9.17) is 9.84 Å². The van der Waals surface area contributed by atoms with E-state index in [1.165, 1.54) is 6.20 Å². The highest BCUT2D eigenvalue weighted by molar-refractivity contribution is 5.87. The van der Waals surface area contributed by atoms with Crippen LogP contribution in [-0.4, -0.2) is 34.8 Å². The van der Waals surface area contributed by atoms with Crippen LogP contribution in [0.15, 0.2) is 18.3 Å². The first kappa shape index (κ1) is 12.0. The van der Waals surface area contributed by atoms with E-state index < -0.39 is 5.97 Å². The third-order valence-corrected chi connectivity index (χ3v) is 2.99. The van der Waals surface area contributed by atoms with Crippen molar-refractivity contribution < 1.29 is 14.6 Å². The van der Waals surface area contributed by atoms with Gasteiger partial charge in [-0.25, -0.2) is 4.79 Å². The van der Waals surface area contributed by atoms with Crippen LogP contribution < -0.4 is 5.32 Å². The number of nitrogens with zero attached hydrogens (tertiary/aromatic N) is 1. The first-order valence-electron chi connectivity index (χ1n) is 5.70. The third-order valence-electron chi connectivity index (χ3n) is 2.99. The molecule has 0 radical (unpaired) electrons. The molecule has 2 atom stereocenters. The second-order valence-electron chi connectivity index (χ2n) is 4.20. The van der Waals surface area contributed by atoms with Crippen molar-refractivity contribution >= 4 is 5.97 Å². The molecule has 2 rings (SSSR count). The van der Waals surface area contributed by atoms with Crippen molar-refractivity contribution in [1.29, 1.82) is 0 Å². The number of carboxylic acids is 1. The van der Waals surface area contributed by atoms with Crippen molar-refractivity contribution in [3.05, 3.63) is 29.6 Å². The number of carbonyl (C=O) groups is 1. The van der Waals surface area contributed by atoms with Gasteiger partial charge in [-0.05, 0) is 25.5 Å². The van der Waals surface area contributed by atoms with Gasteiger partial charge in [0.2, 0.25) is 0 Å². The van der Waals surface area contributed by atoms with Crippen LogP contribution in [-0.2, 0) is 11.3 Å². The first-order chi connectivity index (χ1) is 8.16. The number of aromatic carboxylic acids is 1. The minimum atomic E-state index is -0.949. The lowest BCUT2D eigenvalue weighted by molar-refractivity contribution is 0.0696. The number of nitrogens with one attached hydrogen (secondary N) is 1. The van der Waals surface area contributed by atoms with Crippen molar-refractivity contribution in [3.63, 3.8) is 0 Å². The largest absolute Gasteiger partial charge is 0.478 e. The van der Waals surface area contributed by atoms with E-state index in [2.05, 4.69) is 10.3 Å². The van der Waals surface area contributed by atoms with Gasteiger partial charge in [-0.3, -0.25) is 4.98 Å². The van der Waals surface area contributed by atoms with E-state index in [0.29, 0.717) is 12.6 Å². The fourth-order valence-electron chi connectivity index (χ4n) is 1.89. The van der Waals surface area contributed by atoms with E-state index in [1.54, 1.807) is 12.1 Å². The normalized spacial score (nSPS) is 23.8. The SMILES string of the molecule is CC1OCCC1NCc1ccc(C(=O)O)cn1. The van der Waals surface area contributed by atoms with Crippen LogP contribution >= 0.6 is 0 Å². The molecule has 0 bridgehead atoms. The standard InChI is InChI=1S/C12H16N2O3/c1-8-11(4-5-17-8)14-7-10-3-2-9(6-13-10)12(15)16/h2-3,6,8,11,14H,4-5,7H2,1H3,(H,15,16). The quantitative estimate of drug-likeness (QED) is 0.817. The minimum absolute atomic E-state index is 0.214. The van der Waals surface area contributed by atoms with E-state index in [0.717, 1.165) is 18.7 Å². The summed E-state index contributed by atoms with van der Waals surface area (Å²) < 4.78 is 5.44. The zero-order chi connectivity index (χ0) is 12.3. The highest BCUT2D eigenvalue weighted by Gasteiger charge is 2.23. The summed E-state index contributed by atoms with van der Waals surface area (Å²) in [5.41, 5.74) is 1.06. The first-order valence-corrected chi connectivity index (χ1v) is 5.70. The summed E-state index contributed by atoms with van der Waals surface area (Å²) in [6, 6.07) is 3.66. The molecule has 0 aliphatic carbocycles. The van der Waals surface area contributed by atoms with Crippen LogP contribution in [0.3, 0.4) is 0 Å². The van der Waals surface area contributed by atoms with Crippen molar-refractivity contribution in [2.45, 2.75) is 32.0 Å². The topological polar surface area (TPSA) is 71.5 Å². The molecule has 1 saturated heterocycles. The Hall–Kier alpha value is -1.46. The van der Waals surface area contributed by atoms with Crippen molar-refractivity contribution in [1.82, 2.24) is 10.3 Å². The van der Waals surface area contributed by atoms with Crippen molar-refractivity contribution in [3.8, 4) is 0 Å². The van der Waals surface area contributed by atoms with Crippen molar-refractivity contribution in [2.24, 2.45) is 0 Å². The second-order valence-corrected chi connectivity index (χ2v) is 4.20.